The van der Waals surface area contributed by atoms with Crippen molar-refractivity contribution >= 4 is 5.69 Å². The molecular formula is C14H19N3O. The molecule has 0 saturated carbocycles. The summed E-state index contributed by atoms with van der Waals surface area (Å²) in [4.78, 5) is 4.34. The number of imidazole rings is 1. The van der Waals surface area contributed by atoms with Gasteiger partial charge in [0.15, 0.2) is 0 Å². The minimum absolute atomic E-state index is 0.126. The fraction of sp³-hybridized carbons (Fsp3) is 0.357. The Morgan fingerprint density at radius 2 is 2.17 bits per heavy atom. The van der Waals surface area contributed by atoms with Gasteiger partial charge < -0.3 is 14.6 Å². The van der Waals surface area contributed by atoms with Crippen molar-refractivity contribution in [3.8, 4) is 5.75 Å². The van der Waals surface area contributed by atoms with Crippen LogP contribution in [0.5, 0.6) is 5.75 Å². The molecule has 1 aromatic carbocycles. The van der Waals surface area contributed by atoms with Crippen LogP contribution in [0.2, 0.25) is 0 Å². The van der Waals surface area contributed by atoms with Crippen LogP contribution in [-0.4, -0.2) is 16.7 Å². The maximum Gasteiger partial charge on any atom is 0.142 e. The normalized spacial score (nSPS) is 12.2. The van der Waals surface area contributed by atoms with Crippen LogP contribution in [0, 0.1) is 6.92 Å². The van der Waals surface area contributed by atoms with Gasteiger partial charge in [-0.25, -0.2) is 4.98 Å². The van der Waals surface area contributed by atoms with Crippen molar-refractivity contribution in [3.05, 3.63) is 42.0 Å². The molecule has 18 heavy (non-hydrogen) atoms. The maximum atomic E-state index is 5.38. The molecule has 1 aromatic heterocycles. The molecule has 1 N–H and O–H groups in total. The Balaban J connectivity index is 2.21. The number of nitrogens with one attached hydrogen (secondary N) is 1. The van der Waals surface area contributed by atoms with Crippen LogP contribution >= 0.6 is 0 Å². The molecule has 0 aliphatic heterocycles. The van der Waals surface area contributed by atoms with Crippen molar-refractivity contribution in [3.63, 3.8) is 0 Å². The second kappa shape index (κ2) is 5.12. The number of aromatic nitrogens is 2. The highest BCUT2D eigenvalue weighted by Gasteiger charge is 2.12. The summed E-state index contributed by atoms with van der Waals surface area (Å²) in [6.07, 6.45) is 3.75. The van der Waals surface area contributed by atoms with Crippen molar-refractivity contribution in [2.45, 2.75) is 19.9 Å². The Morgan fingerprint density at radius 3 is 2.78 bits per heavy atom. The van der Waals surface area contributed by atoms with Gasteiger partial charge in [-0.3, -0.25) is 0 Å². The van der Waals surface area contributed by atoms with Gasteiger partial charge >= 0.3 is 0 Å². The molecule has 1 heterocycles. The lowest BCUT2D eigenvalue weighted by Gasteiger charge is -2.17. The summed E-state index contributed by atoms with van der Waals surface area (Å²) in [6, 6.07) is 6.25. The number of rotatable bonds is 4. The quantitative estimate of drug-likeness (QED) is 0.900. The largest absolute Gasteiger partial charge is 0.495 e. The lowest BCUT2D eigenvalue weighted by atomic mass is 10.2. The minimum atomic E-state index is 0.126. The molecule has 4 heteroatoms. The second-order valence-corrected chi connectivity index (χ2v) is 4.47. The lowest BCUT2D eigenvalue weighted by molar-refractivity contribution is 0.415. The van der Waals surface area contributed by atoms with E-state index in [2.05, 4.69) is 30.2 Å². The Kier molecular flexibility index (Phi) is 3.55. The van der Waals surface area contributed by atoms with E-state index in [-0.39, 0.29) is 6.04 Å². The Bertz CT molecular complexity index is 534. The smallest absolute Gasteiger partial charge is 0.142 e. The molecule has 1 atom stereocenters. The molecule has 2 rings (SSSR count). The minimum Gasteiger partial charge on any atom is -0.495 e. The van der Waals surface area contributed by atoms with Crippen LogP contribution in [0.15, 0.2) is 30.6 Å². The average Bonchev–Trinajstić information content (AvgIpc) is 2.77. The number of benzene rings is 1. The van der Waals surface area contributed by atoms with Crippen molar-refractivity contribution in [1.82, 2.24) is 9.55 Å². The summed E-state index contributed by atoms with van der Waals surface area (Å²) < 4.78 is 7.40. The lowest BCUT2D eigenvalue weighted by Crippen LogP contribution is -2.12. The maximum absolute atomic E-state index is 5.38. The highest BCUT2D eigenvalue weighted by Crippen LogP contribution is 2.28. The highest BCUT2D eigenvalue weighted by molar-refractivity contribution is 5.58. The van der Waals surface area contributed by atoms with Gasteiger partial charge in [-0.05, 0) is 31.5 Å². The molecule has 0 radical (unpaired) electrons. The predicted molar refractivity (Wildman–Crippen MR) is 73.0 cm³/mol. The van der Waals surface area contributed by atoms with E-state index < -0.39 is 0 Å². The Labute approximate surface area is 108 Å². The van der Waals surface area contributed by atoms with Crippen molar-refractivity contribution in [2.24, 2.45) is 7.05 Å². The van der Waals surface area contributed by atoms with Crippen LogP contribution < -0.4 is 10.1 Å². The third-order valence-electron chi connectivity index (χ3n) is 2.97. The first-order chi connectivity index (χ1) is 8.61. The molecule has 2 aromatic rings. The van der Waals surface area contributed by atoms with Crippen molar-refractivity contribution in [2.75, 3.05) is 12.4 Å². The predicted octanol–water partition coefficient (Wildman–Crippen LogP) is 2.91. The van der Waals surface area contributed by atoms with Gasteiger partial charge in [0.2, 0.25) is 0 Å². The van der Waals surface area contributed by atoms with Crippen LogP contribution in [0.3, 0.4) is 0 Å². The molecule has 0 bridgehead atoms. The zero-order valence-corrected chi connectivity index (χ0v) is 11.3. The molecule has 4 nitrogen and oxygen atoms in total. The molecule has 0 spiro atoms. The number of nitrogens with zero attached hydrogens (tertiary/aromatic N) is 2. The third-order valence-corrected chi connectivity index (χ3v) is 2.97. The van der Waals surface area contributed by atoms with E-state index in [0.717, 1.165) is 17.3 Å². The first kappa shape index (κ1) is 12.5. The zero-order valence-electron chi connectivity index (χ0n) is 11.3. The van der Waals surface area contributed by atoms with E-state index in [1.165, 1.54) is 5.56 Å². The van der Waals surface area contributed by atoms with Crippen molar-refractivity contribution < 1.29 is 4.74 Å². The van der Waals surface area contributed by atoms with Crippen molar-refractivity contribution in [1.29, 1.82) is 0 Å². The zero-order chi connectivity index (χ0) is 13.1. The van der Waals surface area contributed by atoms with Crippen LogP contribution in [0.25, 0.3) is 0 Å². The average molecular weight is 245 g/mol. The fourth-order valence-electron chi connectivity index (χ4n) is 2.01. The molecule has 0 fully saturated rings. The summed E-state index contributed by atoms with van der Waals surface area (Å²) in [7, 11) is 3.68. The van der Waals surface area contributed by atoms with Gasteiger partial charge in [-0.2, -0.15) is 0 Å². The molecule has 0 saturated heterocycles. The van der Waals surface area contributed by atoms with Gasteiger partial charge in [0, 0.05) is 19.4 Å². The van der Waals surface area contributed by atoms with E-state index in [1.807, 2.05) is 29.9 Å². The van der Waals surface area contributed by atoms with E-state index >= 15 is 0 Å². The monoisotopic (exact) mass is 245 g/mol. The third kappa shape index (κ3) is 2.47. The van der Waals surface area contributed by atoms with Gasteiger partial charge in [0.1, 0.15) is 11.6 Å². The standard InChI is InChI=1S/C14H19N3O/c1-10-5-6-12(13(9-10)18-4)16-11(2)14-15-7-8-17(14)3/h5-9,11,16H,1-4H3. The fourth-order valence-corrected chi connectivity index (χ4v) is 2.01. The molecule has 0 amide bonds. The molecule has 1 unspecified atom stereocenters. The van der Waals surface area contributed by atoms with Gasteiger partial charge in [-0.15, -0.1) is 0 Å². The first-order valence-electron chi connectivity index (χ1n) is 6.00. The number of hydrogen-bond donors (Lipinski definition) is 1. The number of aryl methyl sites for hydroxylation is 2. The summed E-state index contributed by atoms with van der Waals surface area (Å²) >= 11 is 0. The number of hydrogen-bond acceptors (Lipinski definition) is 3. The summed E-state index contributed by atoms with van der Waals surface area (Å²) in [6.45, 7) is 4.14. The molecule has 96 valence electrons. The first-order valence-corrected chi connectivity index (χ1v) is 6.00. The van der Waals surface area contributed by atoms with E-state index in [9.17, 15) is 0 Å². The SMILES string of the molecule is COc1cc(C)ccc1NC(C)c1nccn1C. The van der Waals surface area contributed by atoms with Crippen LogP contribution in [-0.2, 0) is 7.05 Å². The van der Waals surface area contributed by atoms with Gasteiger partial charge in [0.05, 0.1) is 18.8 Å². The highest BCUT2D eigenvalue weighted by atomic mass is 16.5. The summed E-state index contributed by atoms with van der Waals surface area (Å²) in [5.74, 6) is 1.86. The Morgan fingerprint density at radius 1 is 1.39 bits per heavy atom. The summed E-state index contributed by atoms with van der Waals surface area (Å²) in [5.41, 5.74) is 2.17. The van der Waals surface area contributed by atoms with Gasteiger partial charge in [0.25, 0.3) is 0 Å². The van der Waals surface area contributed by atoms with E-state index in [0.29, 0.717) is 0 Å². The molecule has 0 aliphatic rings. The van der Waals surface area contributed by atoms with Gasteiger partial charge in [-0.1, -0.05) is 6.07 Å². The van der Waals surface area contributed by atoms with E-state index in [1.54, 1.807) is 13.3 Å². The molecular weight excluding hydrogens is 226 g/mol. The number of methoxy groups -OCH3 is 1. The summed E-state index contributed by atoms with van der Waals surface area (Å²) in [5, 5.41) is 3.42. The number of ether oxygens (including phenoxy) is 1. The van der Waals surface area contributed by atoms with Crippen LogP contribution in [0.4, 0.5) is 5.69 Å². The van der Waals surface area contributed by atoms with Crippen LogP contribution in [0.1, 0.15) is 24.4 Å². The number of anilines is 1. The second-order valence-electron chi connectivity index (χ2n) is 4.47. The molecule has 0 aliphatic carbocycles. The Hall–Kier alpha value is -1.97. The topological polar surface area (TPSA) is 39.1 Å². The van der Waals surface area contributed by atoms with E-state index in [4.69, 9.17) is 4.74 Å².